The number of hydrogen-bond acceptors (Lipinski definition) is 7. The van der Waals surface area contributed by atoms with E-state index in [2.05, 4.69) is 41.9 Å². The molecule has 0 atom stereocenters. The molecular weight excluding hydrogens is 432 g/mol. The normalized spacial score (nSPS) is 14.4. The molecule has 158 valence electrons. The first kappa shape index (κ1) is 20.2. The van der Waals surface area contributed by atoms with Crippen molar-refractivity contribution in [2.45, 2.75) is 30.3 Å². The van der Waals surface area contributed by atoms with Crippen LogP contribution in [0.25, 0.3) is 17.1 Å². The van der Waals surface area contributed by atoms with E-state index in [1.165, 1.54) is 24.6 Å². The van der Waals surface area contributed by atoms with Crippen LogP contribution in [0, 0.1) is 0 Å². The number of aromatic nitrogens is 5. The van der Waals surface area contributed by atoms with Crippen molar-refractivity contribution in [1.82, 2.24) is 29.8 Å². The number of rotatable bonds is 7. The molecule has 0 radical (unpaired) electrons. The van der Waals surface area contributed by atoms with Crippen LogP contribution in [0.2, 0.25) is 5.02 Å². The van der Waals surface area contributed by atoms with E-state index in [0.717, 1.165) is 41.9 Å². The molecule has 0 amide bonds. The fourth-order valence-electron chi connectivity index (χ4n) is 3.66. The minimum atomic E-state index is 0.417. The van der Waals surface area contributed by atoms with Crippen molar-refractivity contribution in [2.75, 3.05) is 13.1 Å². The second-order valence-corrected chi connectivity index (χ2v) is 8.69. The summed E-state index contributed by atoms with van der Waals surface area (Å²) < 4.78 is 7.54. The molecular formula is C22H21ClN6OS. The summed E-state index contributed by atoms with van der Waals surface area (Å²) in [5, 5.41) is 14.5. The fraction of sp³-hybridized carbons (Fsp3) is 0.273. The van der Waals surface area contributed by atoms with E-state index >= 15 is 0 Å². The summed E-state index contributed by atoms with van der Waals surface area (Å²) in [4.78, 5) is 6.92. The second-order valence-electron chi connectivity index (χ2n) is 7.34. The summed E-state index contributed by atoms with van der Waals surface area (Å²) in [6, 6.07) is 17.6. The van der Waals surface area contributed by atoms with Gasteiger partial charge in [0.1, 0.15) is 0 Å². The van der Waals surface area contributed by atoms with Gasteiger partial charge in [-0.1, -0.05) is 58.9 Å². The van der Waals surface area contributed by atoms with E-state index in [1.807, 2.05) is 36.4 Å². The molecule has 1 fully saturated rings. The third-order valence-corrected chi connectivity index (χ3v) is 6.44. The minimum absolute atomic E-state index is 0.417. The summed E-state index contributed by atoms with van der Waals surface area (Å²) in [7, 11) is 0. The number of para-hydroxylation sites is 1. The fourth-order valence-corrected chi connectivity index (χ4v) is 4.69. The number of benzene rings is 2. The number of hydrogen-bond donors (Lipinski definition) is 0. The smallest absolute Gasteiger partial charge is 0.259 e. The second kappa shape index (κ2) is 9.21. The average molecular weight is 453 g/mol. The van der Waals surface area contributed by atoms with Gasteiger partial charge in [-0.2, -0.15) is 4.98 Å². The van der Waals surface area contributed by atoms with Gasteiger partial charge in [0.25, 0.3) is 5.89 Å². The zero-order valence-corrected chi connectivity index (χ0v) is 18.4. The van der Waals surface area contributed by atoms with Gasteiger partial charge >= 0.3 is 0 Å². The maximum absolute atomic E-state index is 6.24. The van der Waals surface area contributed by atoms with E-state index in [9.17, 15) is 0 Å². The first-order valence-electron chi connectivity index (χ1n) is 10.2. The predicted molar refractivity (Wildman–Crippen MR) is 120 cm³/mol. The number of likely N-dealkylation sites (tertiary alicyclic amines) is 1. The van der Waals surface area contributed by atoms with E-state index in [-0.39, 0.29) is 0 Å². The van der Waals surface area contributed by atoms with Gasteiger partial charge in [-0.05, 0) is 50.2 Å². The number of thioether (sulfide) groups is 1. The number of nitrogens with zero attached hydrogens (tertiary/aromatic N) is 6. The maximum atomic E-state index is 6.24. The van der Waals surface area contributed by atoms with Crippen LogP contribution < -0.4 is 0 Å². The Labute approximate surface area is 189 Å². The van der Waals surface area contributed by atoms with E-state index in [1.54, 1.807) is 6.07 Å². The molecule has 5 rings (SSSR count). The van der Waals surface area contributed by atoms with Crippen LogP contribution in [0.1, 0.15) is 24.5 Å². The molecule has 0 aliphatic carbocycles. The van der Waals surface area contributed by atoms with Gasteiger partial charge in [-0.3, -0.25) is 9.47 Å². The molecule has 2 aromatic heterocycles. The van der Waals surface area contributed by atoms with Crippen molar-refractivity contribution < 1.29 is 4.52 Å². The van der Waals surface area contributed by atoms with Crippen LogP contribution in [0.3, 0.4) is 0 Å². The van der Waals surface area contributed by atoms with Crippen LogP contribution >= 0.6 is 23.4 Å². The molecule has 0 bridgehead atoms. The van der Waals surface area contributed by atoms with Crippen molar-refractivity contribution >= 4 is 23.4 Å². The quantitative estimate of drug-likeness (QED) is 0.371. The van der Waals surface area contributed by atoms with Gasteiger partial charge in [0.15, 0.2) is 16.8 Å². The SMILES string of the molecule is Clc1ccccc1-c1nc(CSc2nnc(CN3CCCC3)n2-c2ccccc2)no1. The lowest BCUT2D eigenvalue weighted by molar-refractivity contribution is 0.319. The lowest BCUT2D eigenvalue weighted by Crippen LogP contribution is -2.21. The van der Waals surface area contributed by atoms with Gasteiger partial charge in [-0.25, -0.2) is 0 Å². The van der Waals surface area contributed by atoms with Crippen molar-refractivity contribution in [3.05, 3.63) is 71.3 Å². The van der Waals surface area contributed by atoms with Gasteiger partial charge in [-0.15, -0.1) is 10.2 Å². The predicted octanol–water partition coefficient (Wildman–Crippen LogP) is 4.86. The summed E-state index contributed by atoms with van der Waals surface area (Å²) in [5.74, 6) is 2.47. The monoisotopic (exact) mass is 452 g/mol. The molecule has 1 aliphatic heterocycles. The lowest BCUT2D eigenvalue weighted by Gasteiger charge is -2.15. The van der Waals surface area contributed by atoms with Crippen LogP contribution in [0.5, 0.6) is 0 Å². The summed E-state index contributed by atoms with van der Waals surface area (Å²) in [6.07, 6.45) is 2.49. The average Bonchev–Trinajstić information content (AvgIpc) is 3.55. The molecule has 2 aromatic carbocycles. The third kappa shape index (κ3) is 4.51. The molecule has 1 saturated heterocycles. The third-order valence-electron chi connectivity index (χ3n) is 5.18. The molecule has 0 spiro atoms. The lowest BCUT2D eigenvalue weighted by atomic mass is 10.2. The van der Waals surface area contributed by atoms with Crippen molar-refractivity contribution in [1.29, 1.82) is 0 Å². The van der Waals surface area contributed by atoms with Gasteiger partial charge in [0.2, 0.25) is 0 Å². The largest absolute Gasteiger partial charge is 0.334 e. The van der Waals surface area contributed by atoms with Crippen LogP contribution in [-0.4, -0.2) is 42.9 Å². The van der Waals surface area contributed by atoms with Crippen molar-refractivity contribution in [3.63, 3.8) is 0 Å². The highest BCUT2D eigenvalue weighted by atomic mass is 35.5. The van der Waals surface area contributed by atoms with E-state index in [0.29, 0.717) is 22.5 Å². The zero-order chi connectivity index (χ0) is 21.0. The molecule has 0 N–H and O–H groups in total. The first-order chi connectivity index (χ1) is 15.3. The highest BCUT2D eigenvalue weighted by molar-refractivity contribution is 7.98. The zero-order valence-electron chi connectivity index (χ0n) is 16.8. The summed E-state index contributed by atoms with van der Waals surface area (Å²) >= 11 is 7.78. The van der Waals surface area contributed by atoms with Crippen molar-refractivity contribution in [2.24, 2.45) is 0 Å². The van der Waals surface area contributed by atoms with Gasteiger partial charge in [0.05, 0.1) is 22.9 Å². The molecule has 7 nitrogen and oxygen atoms in total. The topological polar surface area (TPSA) is 72.9 Å². The van der Waals surface area contributed by atoms with Crippen LogP contribution in [0.4, 0.5) is 0 Å². The molecule has 3 heterocycles. The van der Waals surface area contributed by atoms with Gasteiger partial charge in [0, 0.05) is 5.69 Å². The minimum Gasteiger partial charge on any atom is -0.334 e. The van der Waals surface area contributed by atoms with Crippen LogP contribution in [-0.2, 0) is 12.3 Å². The molecule has 0 unspecified atom stereocenters. The number of halogens is 1. The highest BCUT2D eigenvalue weighted by Gasteiger charge is 2.20. The maximum Gasteiger partial charge on any atom is 0.259 e. The summed E-state index contributed by atoms with van der Waals surface area (Å²) in [6.45, 7) is 3.01. The highest BCUT2D eigenvalue weighted by Crippen LogP contribution is 2.29. The first-order valence-corrected chi connectivity index (χ1v) is 11.6. The Kier molecular flexibility index (Phi) is 6.01. The molecule has 1 aliphatic rings. The molecule has 0 saturated carbocycles. The van der Waals surface area contributed by atoms with Crippen LogP contribution in [0.15, 0.2) is 64.3 Å². The van der Waals surface area contributed by atoms with E-state index < -0.39 is 0 Å². The van der Waals surface area contributed by atoms with Crippen molar-refractivity contribution in [3.8, 4) is 17.1 Å². The Hall–Kier alpha value is -2.68. The Bertz CT molecular complexity index is 1160. The Morgan fingerprint density at radius 2 is 1.74 bits per heavy atom. The molecule has 31 heavy (non-hydrogen) atoms. The Morgan fingerprint density at radius 3 is 2.55 bits per heavy atom. The standard InChI is InChI=1S/C22H21ClN6OS/c23-18-11-5-4-10-17(18)21-24-19(27-30-21)15-31-22-26-25-20(14-28-12-6-7-13-28)29(22)16-8-2-1-3-9-16/h1-5,8-11H,6-7,12-15H2. The Morgan fingerprint density at radius 1 is 0.968 bits per heavy atom. The van der Waals surface area contributed by atoms with Gasteiger partial charge < -0.3 is 4.52 Å². The molecule has 4 aromatic rings. The Balaban J connectivity index is 1.37. The summed E-state index contributed by atoms with van der Waals surface area (Å²) in [5.41, 5.74) is 1.78. The van der Waals surface area contributed by atoms with E-state index in [4.69, 9.17) is 16.1 Å². The molecule has 9 heteroatoms.